The molecule has 1 aliphatic heterocycles. The van der Waals surface area contributed by atoms with Gasteiger partial charge in [0.15, 0.2) is 0 Å². The Hall–Kier alpha value is -0.930. The highest BCUT2D eigenvalue weighted by atomic mass is 19.1. The summed E-state index contributed by atoms with van der Waals surface area (Å²) in [5, 5.41) is 3.28. The molecular weight excluding hydrogens is 239 g/mol. The number of likely N-dealkylation sites (tertiary alicyclic amines) is 1. The smallest absolute Gasteiger partial charge is 0.127 e. The van der Waals surface area contributed by atoms with E-state index in [4.69, 9.17) is 0 Å². The van der Waals surface area contributed by atoms with E-state index in [1.807, 2.05) is 19.2 Å². The zero-order valence-corrected chi connectivity index (χ0v) is 12.0. The van der Waals surface area contributed by atoms with Gasteiger partial charge in [-0.1, -0.05) is 31.5 Å². The van der Waals surface area contributed by atoms with E-state index >= 15 is 0 Å². The van der Waals surface area contributed by atoms with E-state index in [2.05, 4.69) is 17.1 Å². The fourth-order valence-corrected chi connectivity index (χ4v) is 3.31. The Morgan fingerprint density at radius 3 is 2.79 bits per heavy atom. The summed E-state index contributed by atoms with van der Waals surface area (Å²) < 4.78 is 14.2. The predicted molar refractivity (Wildman–Crippen MR) is 77.7 cm³/mol. The van der Waals surface area contributed by atoms with Gasteiger partial charge < -0.3 is 5.32 Å². The molecule has 1 N–H and O–H groups in total. The number of nitrogens with one attached hydrogen (secondary N) is 1. The monoisotopic (exact) mass is 264 g/mol. The molecule has 1 aromatic carbocycles. The van der Waals surface area contributed by atoms with Crippen molar-refractivity contribution < 1.29 is 4.39 Å². The molecule has 1 heterocycles. The third-order valence-electron chi connectivity index (χ3n) is 4.21. The summed E-state index contributed by atoms with van der Waals surface area (Å²) in [6.45, 7) is 5.19. The number of nitrogens with zero attached hydrogens (tertiary/aromatic N) is 1. The topological polar surface area (TPSA) is 15.3 Å². The Balaban J connectivity index is 2.34. The zero-order chi connectivity index (χ0) is 13.7. The normalized spacial score (nSPS) is 25.2. The third kappa shape index (κ3) is 3.34. The summed E-state index contributed by atoms with van der Waals surface area (Å²) in [7, 11) is 1.99. The summed E-state index contributed by atoms with van der Waals surface area (Å²) in [4.78, 5) is 2.44. The molecule has 2 atom stereocenters. The van der Waals surface area contributed by atoms with E-state index in [1.54, 1.807) is 12.1 Å². The van der Waals surface area contributed by atoms with Crippen molar-refractivity contribution >= 4 is 0 Å². The molecule has 2 nitrogen and oxygen atoms in total. The highest BCUT2D eigenvalue weighted by Gasteiger charge is 2.31. The largest absolute Gasteiger partial charge is 0.319 e. The number of hydrogen-bond acceptors (Lipinski definition) is 2. The van der Waals surface area contributed by atoms with Crippen LogP contribution in [0.4, 0.5) is 4.39 Å². The quantitative estimate of drug-likeness (QED) is 0.898. The Kier molecular flexibility index (Phi) is 5.34. The van der Waals surface area contributed by atoms with Crippen molar-refractivity contribution in [3.8, 4) is 0 Å². The maximum absolute atomic E-state index is 14.2. The number of hydrogen-bond donors (Lipinski definition) is 1. The Bertz CT molecular complexity index is 394. The minimum Gasteiger partial charge on any atom is -0.319 e. The van der Waals surface area contributed by atoms with Gasteiger partial charge in [-0.2, -0.15) is 0 Å². The first-order chi connectivity index (χ1) is 9.27. The molecule has 2 unspecified atom stereocenters. The van der Waals surface area contributed by atoms with Gasteiger partial charge in [0.05, 0.1) is 0 Å². The van der Waals surface area contributed by atoms with E-state index < -0.39 is 0 Å². The van der Waals surface area contributed by atoms with Gasteiger partial charge in [0.2, 0.25) is 0 Å². The van der Waals surface area contributed by atoms with Crippen LogP contribution in [-0.4, -0.2) is 31.6 Å². The van der Waals surface area contributed by atoms with Crippen molar-refractivity contribution in [2.75, 3.05) is 26.7 Å². The molecule has 1 aromatic rings. The van der Waals surface area contributed by atoms with E-state index in [1.165, 1.54) is 19.3 Å². The molecule has 0 amide bonds. The average Bonchev–Trinajstić information content (AvgIpc) is 2.62. The van der Waals surface area contributed by atoms with Crippen LogP contribution >= 0.6 is 0 Å². The van der Waals surface area contributed by atoms with Gasteiger partial charge in [0.25, 0.3) is 0 Å². The molecule has 1 aliphatic rings. The standard InChI is InChI=1S/C16H25FN2/c1-3-19-11-7-6-8-13(12-18-2)16(19)14-9-4-5-10-15(14)17/h4-5,9-10,13,16,18H,3,6-8,11-12H2,1-2H3. The molecule has 0 aliphatic carbocycles. The van der Waals surface area contributed by atoms with Crippen LogP contribution in [0, 0.1) is 11.7 Å². The van der Waals surface area contributed by atoms with Crippen LogP contribution < -0.4 is 5.32 Å². The van der Waals surface area contributed by atoms with Crippen LogP contribution in [0.5, 0.6) is 0 Å². The molecule has 1 fully saturated rings. The Morgan fingerprint density at radius 1 is 1.32 bits per heavy atom. The molecule has 0 bridgehead atoms. The second-order valence-corrected chi connectivity index (χ2v) is 5.41. The zero-order valence-electron chi connectivity index (χ0n) is 12.0. The molecule has 0 saturated carbocycles. The fraction of sp³-hybridized carbons (Fsp3) is 0.625. The third-order valence-corrected chi connectivity index (χ3v) is 4.21. The van der Waals surface area contributed by atoms with Crippen molar-refractivity contribution in [2.24, 2.45) is 5.92 Å². The van der Waals surface area contributed by atoms with Gasteiger partial charge >= 0.3 is 0 Å². The number of halogens is 1. The van der Waals surface area contributed by atoms with Crippen LogP contribution in [0.25, 0.3) is 0 Å². The summed E-state index contributed by atoms with van der Waals surface area (Å²) in [6, 6.07) is 7.48. The average molecular weight is 264 g/mol. The summed E-state index contributed by atoms with van der Waals surface area (Å²) in [6.07, 6.45) is 3.64. The van der Waals surface area contributed by atoms with E-state index in [-0.39, 0.29) is 11.9 Å². The fourth-order valence-electron chi connectivity index (χ4n) is 3.31. The highest BCUT2D eigenvalue weighted by molar-refractivity contribution is 5.22. The van der Waals surface area contributed by atoms with Crippen LogP contribution in [-0.2, 0) is 0 Å². The summed E-state index contributed by atoms with van der Waals surface area (Å²) in [5.41, 5.74) is 0.867. The van der Waals surface area contributed by atoms with Crippen LogP contribution in [0.2, 0.25) is 0 Å². The van der Waals surface area contributed by atoms with Crippen LogP contribution in [0.1, 0.15) is 37.8 Å². The Labute approximate surface area is 116 Å². The van der Waals surface area contributed by atoms with Gasteiger partial charge in [-0.15, -0.1) is 0 Å². The lowest BCUT2D eigenvalue weighted by Crippen LogP contribution is -2.36. The first-order valence-corrected chi connectivity index (χ1v) is 7.41. The van der Waals surface area contributed by atoms with Crippen molar-refractivity contribution in [1.82, 2.24) is 10.2 Å². The molecule has 2 rings (SSSR count). The SMILES string of the molecule is CCN1CCCCC(CNC)C1c1ccccc1F. The lowest BCUT2D eigenvalue weighted by Gasteiger charge is -2.35. The lowest BCUT2D eigenvalue weighted by molar-refractivity contribution is 0.158. The molecular formula is C16H25FN2. The van der Waals surface area contributed by atoms with Crippen molar-refractivity contribution in [2.45, 2.75) is 32.2 Å². The molecule has 0 radical (unpaired) electrons. The van der Waals surface area contributed by atoms with Crippen LogP contribution in [0.15, 0.2) is 24.3 Å². The van der Waals surface area contributed by atoms with Gasteiger partial charge in [-0.25, -0.2) is 4.39 Å². The highest BCUT2D eigenvalue weighted by Crippen LogP contribution is 2.35. The second-order valence-electron chi connectivity index (χ2n) is 5.41. The number of benzene rings is 1. The molecule has 0 aromatic heterocycles. The summed E-state index contributed by atoms with van der Waals surface area (Å²) >= 11 is 0. The maximum atomic E-state index is 14.2. The lowest BCUT2D eigenvalue weighted by atomic mass is 9.88. The molecule has 106 valence electrons. The minimum absolute atomic E-state index is 0.0612. The van der Waals surface area contributed by atoms with Gasteiger partial charge in [-0.05, 0) is 51.5 Å². The Morgan fingerprint density at radius 2 is 2.11 bits per heavy atom. The first kappa shape index (κ1) is 14.5. The first-order valence-electron chi connectivity index (χ1n) is 7.41. The molecule has 0 spiro atoms. The minimum atomic E-state index is -0.0612. The van der Waals surface area contributed by atoms with Gasteiger partial charge in [-0.3, -0.25) is 4.90 Å². The molecule has 19 heavy (non-hydrogen) atoms. The van der Waals surface area contributed by atoms with Crippen LogP contribution in [0.3, 0.4) is 0 Å². The van der Waals surface area contributed by atoms with E-state index in [9.17, 15) is 4.39 Å². The predicted octanol–water partition coefficient (Wildman–Crippen LogP) is 3.21. The second kappa shape index (κ2) is 7.01. The van der Waals surface area contributed by atoms with Crippen molar-refractivity contribution in [1.29, 1.82) is 0 Å². The van der Waals surface area contributed by atoms with E-state index in [0.717, 1.165) is 25.2 Å². The van der Waals surface area contributed by atoms with Crippen molar-refractivity contribution in [3.63, 3.8) is 0 Å². The van der Waals surface area contributed by atoms with Gasteiger partial charge in [0.1, 0.15) is 5.82 Å². The maximum Gasteiger partial charge on any atom is 0.127 e. The van der Waals surface area contributed by atoms with E-state index in [0.29, 0.717) is 5.92 Å². The molecule has 3 heteroatoms. The molecule has 1 saturated heterocycles. The van der Waals surface area contributed by atoms with Gasteiger partial charge in [0, 0.05) is 11.6 Å². The van der Waals surface area contributed by atoms with Crippen molar-refractivity contribution in [3.05, 3.63) is 35.6 Å². The summed E-state index contributed by atoms with van der Waals surface area (Å²) in [5.74, 6) is 0.429. The number of rotatable bonds is 4.